The molecule has 0 unspecified atom stereocenters. The smallest absolute Gasteiger partial charge is 0.416 e. The second kappa shape index (κ2) is 13.0. The molecule has 0 radical (unpaired) electrons. The van der Waals surface area contributed by atoms with Gasteiger partial charge in [0.15, 0.2) is 0 Å². The summed E-state index contributed by atoms with van der Waals surface area (Å²) in [6.07, 6.45) is -12.3. The number of amides is 1. The van der Waals surface area contributed by atoms with Crippen molar-refractivity contribution in [3.8, 4) is 0 Å². The first kappa shape index (κ1) is 35.2. The summed E-state index contributed by atoms with van der Waals surface area (Å²) < 4.78 is 125. The number of carbonyl (C=O) groups excluding carboxylic acids is 1. The maximum atomic E-state index is 14.6. The third-order valence-corrected chi connectivity index (χ3v) is 7.18. The highest BCUT2D eigenvalue weighted by atomic mass is 19.4. The zero-order valence-corrected chi connectivity index (χ0v) is 24.0. The molecule has 0 aliphatic carbocycles. The SMILES string of the molecule is CCc1cc(C(F)(F)F)cc(F)c1C(=O)N[C@@H](Cc1cccc(Cc2c(C(F)(F)F)cc(C(F)(F)CC)n(C)c2=O)c1)C(=O)O. The van der Waals surface area contributed by atoms with Crippen LogP contribution in [0.3, 0.4) is 0 Å². The Morgan fingerprint density at radius 3 is 2.09 bits per heavy atom. The van der Waals surface area contributed by atoms with Crippen molar-refractivity contribution in [2.24, 2.45) is 7.05 Å². The molecule has 3 aromatic rings. The average molecular weight is 651 g/mol. The molecule has 1 aromatic heterocycles. The van der Waals surface area contributed by atoms with E-state index in [2.05, 4.69) is 5.32 Å². The van der Waals surface area contributed by atoms with E-state index in [1.807, 2.05) is 0 Å². The number of pyridine rings is 1. The van der Waals surface area contributed by atoms with Crippen LogP contribution in [0.2, 0.25) is 0 Å². The van der Waals surface area contributed by atoms with Gasteiger partial charge in [0.2, 0.25) is 0 Å². The molecule has 0 bridgehead atoms. The maximum absolute atomic E-state index is 14.6. The lowest BCUT2D eigenvalue weighted by Crippen LogP contribution is -2.43. The lowest BCUT2D eigenvalue weighted by atomic mass is 9.96. The number of halogens is 9. The molecular weight excluding hydrogens is 623 g/mol. The van der Waals surface area contributed by atoms with Gasteiger partial charge in [-0.25, -0.2) is 9.18 Å². The van der Waals surface area contributed by atoms with Crippen LogP contribution in [-0.2, 0) is 49.4 Å². The number of alkyl halides is 8. The summed E-state index contributed by atoms with van der Waals surface area (Å²) >= 11 is 0. The Balaban J connectivity index is 1.95. The van der Waals surface area contributed by atoms with Gasteiger partial charge in [0, 0.05) is 31.9 Å². The molecule has 2 N–H and O–H groups in total. The van der Waals surface area contributed by atoms with E-state index in [0.717, 1.165) is 14.0 Å². The Morgan fingerprint density at radius 2 is 1.56 bits per heavy atom. The number of rotatable bonds is 10. The number of aryl methyl sites for hydroxylation is 1. The number of aliphatic carboxylic acids is 1. The van der Waals surface area contributed by atoms with Crippen LogP contribution in [0.5, 0.6) is 0 Å². The molecule has 244 valence electrons. The van der Waals surface area contributed by atoms with Gasteiger partial charge in [0.25, 0.3) is 17.4 Å². The van der Waals surface area contributed by atoms with Crippen LogP contribution in [-0.4, -0.2) is 27.6 Å². The minimum absolute atomic E-state index is 0.0719. The summed E-state index contributed by atoms with van der Waals surface area (Å²) in [5, 5.41) is 11.8. The first-order valence-corrected chi connectivity index (χ1v) is 13.4. The Hall–Kier alpha value is -4.30. The Morgan fingerprint density at radius 1 is 0.933 bits per heavy atom. The van der Waals surface area contributed by atoms with Crippen molar-refractivity contribution in [1.29, 1.82) is 0 Å². The van der Waals surface area contributed by atoms with E-state index >= 15 is 0 Å². The van der Waals surface area contributed by atoms with Crippen LogP contribution in [0.4, 0.5) is 39.5 Å². The van der Waals surface area contributed by atoms with Gasteiger partial charge in [-0.05, 0) is 41.3 Å². The van der Waals surface area contributed by atoms with Crippen LogP contribution in [0.1, 0.15) is 69.7 Å². The van der Waals surface area contributed by atoms with Crippen molar-refractivity contribution in [2.75, 3.05) is 0 Å². The van der Waals surface area contributed by atoms with Gasteiger partial charge in [0.1, 0.15) is 11.9 Å². The van der Waals surface area contributed by atoms with E-state index in [1.54, 1.807) is 0 Å². The third kappa shape index (κ3) is 7.87. The number of carboxylic acid groups (broad SMARTS) is 1. The number of nitrogens with zero attached hydrogens (tertiary/aromatic N) is 1. The van der Waals surface area contributed by atoms with E-state index in [-0.39, 0.29) is 35.2 Å². The van der Waals surface area contributed by atoms with Crippen molar-refractivity contribution in [2.45, 2.75) is 63.8 Å². The highest BCUT2D eigenvalue weighted by Gasteiger charge is 2.40. The van der Waals surface area contributed by atoms with Gasteiger partial charge in [-0.1, -0.05) is 38.1 Å². The van der Waals surface area contributed by atoms with Crippen LogP contribution >= 0.6 is 0 Å². The number of carboxylic acids is 1. The molecule has 15 heteroatoms. The molecule has 1 atom stereocenters. The van der Waals surface area contributed by atoms with E-state index < -0.39 is 94.8 Å². The molecular formula is C30H27F9N2O4. The molecule has 3 rings (SSSR count). The standard InChI is InChI=1S/C30H27F9N2O4/c1-4-17-12-18(29(34,35)36)13-21(31)24(17)25(42)40-22(27(44)45)11-16-8-6-7-15(9-16)10-19-20(30(37,38)39)14-23(28(32,33)5-2)41(3)26(19)43/h6-9,12-14,22H,4-5,10-11H2,1-3H3,(H,40,42)(H,44,45)/t22-/m0/s1. The molecule has 0 aliphatic rings. The predicted molar refractivity (Wildman–Crippen MR) is 143 cm³/mol. The minimum atomic E-state index is -5.16. The Bertz CT molecular complexity index is 1660. The quantitative estimate of drug-likeness (QED) is 0.241. The van der Waals surface area contributed by atoms with Crippen molar-refractivity contribution >= 4 is 11.9 Å². The third-order valence-electron chi connectivity index (χ3n) is 7.18. The summed E-state index contributed by atoms with van der Waals surface area (Å²) in [6, 6.07) is 4.40. The molecule has 2 aromatic carbocycles. The molecule has 0 saturated heterocycles. The van der Waals surface area contributed by atoms with E-state index in [4.69, 9.17) is 0 Å². The largest absolute Gasteiger partial charge is 0.480 e. The molecule has 0 spiro atoms. The lowest BCUT2D eigenvalue weighted by molar-refractivity contribution is -0.139. The number of hydrogen-bond donors (Lipinski definition) is 2. The van der Waals surface area contributed by atoms with Crippen molar-refractivity contribution < 1.29 is 54.2 Å². The maximum Gasteiger partial charge on any atom is 0.416 e. The van der Waals surface area contributed by atoms with Gasteiger partial charge in [-0.2, -0.15) is 35.1 Å². The molecule has 6 nitrogen and oxygen atoms in total. The number of benzene rings is 2. The van der Waals surface area contributed by atoms with Crippen molar-refractivity contribution in [1.82, 2.24) is 9.88 Å². The molecule has 45 heavy (non-hydrogen) atoms. The number of aromatic nitrogens is 1. The summed E-state index contributed by atoms with van der Waals surface area (Å²) in [6.45, 7) is 2.42. The van der Waals surface area contributed by atoms with Gasteiger partial charge < -0.3 is 15.0 Å². The zero-order valence-electron chi connectivity index (χ0n) is 24.0. The fraction of sp³-hybridized carbons (Fsp3) is 0.367. The van der Waals surface area contributed by atoms with E-state index in [9.17, 15) is 59.0 Å². The zero-order chi connectivity index (χ0) is 34.1. The van der Waals surface area contributed by atoms with Gasteiger partial charge in [-0.15, -0.1) is 0 Å². The first-order chi connectivity index (χ1) is 20.7. The number of nitrogens with one attached hydrogen (secondary N) is 1. The summed E-state index contributed by atoms with van der Waals surface area (Å²) in [5.74, 6) is -8.15. The van der Waals surface area contributed by atoms with Gasteiger partial charge >= 0.3 is 18.3 Å². The van der Waals surface area contributed by atoms with Crippen LogP contribution in [0.15, 0.2) is 47.3 Å². The van der Waals surface area contributed by atoms with E-state index in [0.29, 0.717) is 10.6 Å². The molecule has 1 amide bonds. The minimum Gasteiger partial charge on any atom is -0.480 e. The van der Waals surface area contributed by atoms with Crippen molar-refractivity contribution in [3.63, 3.8) is 0 Å². The van der Waals surface area contributed by atoms with Crippen LogP contribution in [0.25, 0.3) is 0 Å². The Kier molecular flexibility index (Phi) is 10.1. The Labute approximate surface area is 250 Å². The average Bonchev–Trinajstić information content (AvgIpc) is 2.93. The fourth-order valence-corrected chi connectivity index (χ4v) is 4.80. The lowest BCUT2D eigenvalue weighted by Gasteiger charge is -2.22. The highest BCUT2D eigenvalue weighted by molar-refractivity contribution is 5.98. The number of hydrogen-bond acceptors (Lipinski definition) is 3. The summed E-state index contributed by atoms with van der Waals surface area (Å²) in [4.78, 5) is 37.7. The van der Waals surface area contributed by atoms with E-state index in [1.165, 1.54) is 31.2 Å². The van der Waals surface area contributed by atoms with Crippen LogP contribution in [0, 0.1) is 5.82 Å². The highest BCUT2D eigenvalue weighted by Crippen LogP contribution is 2.37. The second-order valence-electron chi connectivity index (χ2n) is 10.3. The molecule has 0 aliphatic heterocycles. The molecule has 0 fully saturated rings. The predicted octanol–water partition coefficient (Wildman–Crippen LogP) is 6.64. The fourth-order valence-electron chi connectivity index (χ4n) is 4.80. The van der Waals surface area contributed by atoms with Crippen LogP contribution < -0.4 is 10.9 Å². The summed E-state index contributed by atoms with van der Waals surface area (Å²) in [5.41, 5.74) is -7.03. The molecule has 0 saturated carbocycles. The van der Waals surface area contributed by atoms with Crippen molar-refractivity contribution in [3.05, 3.63) is 103 Å². The van der Waals surface area contributed by atoms with Gasteiger partial charge in [0.05, 0.1) is 22.4 Å². The number of carbonyl (C=O) groups is 2. The second-order valence-corrected chi connectivity index (χ2v) is 10.3. The molecule has 1 heterocycles. The first-order valence-electron chi connectivity index (χ1n) is 13.4. The normalized spacial score (nSPS) is 13.1. The topological polar surface area (TPSA) is 88.4 Å². The monoisotopic (exact) mass is 650 g/mol. The van der Waals surface area contributed by atoms with Gasteiger partial charge in [-0.3, -0.25) is 9.59 Å². The summed E-state index contributed by atoms with van der Waals surface area (Å²) in [7, 11) is 0.922.